The van der Waals surface area contributed by atoms with Gasteiger partial charge >= 0.3 is 12.1 Å². The van der Waals surface area contributed by atoms with Crippen LogP contribution in [0.4, 0.5) is 13.2 Å². The molecule has 0 amide bonds. The number of aliphatic carboxylic acids is 1. The Morgan fingerprint density at radius 3 is 2.62 bits per heavy atom. The minimum Gasteiger partial charge on any atom is -0.480 e. The first-order chi connectivity index (χ1) is 7.32. The summed E-state index contributed by atoms with van der Waals surface area (Å²) in [5.41, 5.74) is 4.32. The molecule has 6 heteroatoms. The van der Waals surface area contributed by atoms with E-state index in [1.54, 1.807) is 0 Å². The summed E-state index contributed by atoms with van der Waals surface area (Å²) in [4.78, 5) is 10.6. The van der Waals surface area contributed by atoms with Crippen LogP contribution >= 0.6 is 0 Å². The highest BCUT2D eigenvalue weighted by atomic mass is 19.4. The van der Waals surface area contributed by atoms with Crippen molar-refractivity contribution in [1.82, 2.24) is 0 Å². The van der Waals surface area contributed by atoms with Crippen LogP contribution in [0.1, 0.15) is 6.42 Å². The molecule has 3 N–H and O–H groups in total. The van der Waals surface area contributed by atoms with Crippen LogP contribution in [-0.2, 0) is 4.79 Å². The average Bonchev–Trinajstić information content (AvgIpc) is 2.40. The zero-order valence-corrected chi connectivity index (χ0v) is 8.16. The lowest BCUT2D eigenvalue weighted by Gasteiger charge is -2.10. The fourth-order valence-corrected chi connectivity index (χ4v) is 1.22. The standard InChI is InChI=1S/C10H10F3NO2/c11-10(12,13)7-4-2-1-3-6(5-7)8(14)9(15)16/h1,3-5,8H,2,14H2,(H,15,16). The van der Waals surface area contributed by atoms with Gasteiger partial charge in [0.25, 0.3) is 0 Å². The van der Waals surface area contributed by atoms with Gasteiger partial charge in [0.15, 0.2) is 0 Å². The molecule has 0 heterocycles. The van der Waals surface area contributed by atoms with E-state index in [1.807, 2.05) is 0 Å². The molecule has 1 unspecified atom stereocenters. The molecule has 16 heavy (non-hydrogen) atoms. The first-order valence-electron chi connectivity index (χ1n) is 4.46. The second-order valence-electron chi connectivity index (χ2n) is 3.26. The van der Waals surface area contributed by atoms with Gasteiger partial charge < -0.3 is 10.8 Å². The number of hydrogen-bond donors (Lipinski definition) is 2. The van der Waals surface area contributed by atoms with Crippen molar-refractivity contribution < 1.29 is 23.1 Å². The fourth-order valence-electron chi connectivity index (χ4n) is 1.22. The van der Waals surface area contributed by atoms with E-state index in [4.69, 9.17) is 10.8 Å². The quantitative estimate of drug-likeness (QED) is 0.764. The number of allylic oxidation sites excluding steroid dienone is 4. The first kappa shape index (κ1) is 12.5. The Balaban J connectivity index is 3.05. The first-order valence-corrected chi connectivity index (χ1v) is 4.46. The molecular formula is C10H10F3NO2. The zero-order valence-electron chi connectivity index (χ0n) is 8.16. The zero-order chi connectivity index (χ0) is 12.3. The third-order valence-corrected chi connectivity index (χ3v) is 2.06. The molecule has 0 aliphatic heterocycles. The Labute approximate surface area is 89.7 Å². The normalized spacial score (nSPS) is 18.5. The van der Waals surface area contributed by atoms with Crippen molar-refractivity contribution >= 4 is 5.97 Å². The third-order valence-electron chi connectivity index (χ3n) is 2.06. The minimum absolute atomic E-state index is 0.0615. The predicted molar refractivity (Wildman–Crippen MR) is 51.6 cm³/mol. The maximum Gasteiger partial charge on any atom is 0.416 e. The number of carboxylic acid groups (broad SMARTS) is 1. The van der Waals surface area contributed by atoms with Crippen LogP contribution in [0, 0.1) is 0 Å². The highest BCUT2D eigenvalue weighted by molar-refractivity contribution is 5.78. The van der Waals surface area contributed by atoms with Crippen LogP contribution in [0.3, 0.4) is 0 Å². The van der Waals surface area contributed by atoms with Gasteiger partial charge in [-0.1, -0.05) is 18.2 Å². The van der Waals surface area contributed by atoms with Gasteiger partial charge in [-0.3, -0.25) is 4.79 Å². The fraction of sp³-hybridized carbons (Fsp3) is 0.300. The molecule has 0 saturated heterocycles. The molecule has 1 aliphatic carbocycles. The van der Waals surface area contributed by atoms with Gasteiger partial charge in [0.2, 0.25) is 0 Å². The van der Waals surface area contributed by atoms with Crippen molar-refractivity contribution in [2.45, 2.75) is 18.6 Å². The number of carbonyl (C=O) groups is 1. The molecule has 0 aromatic heterocycles. The average molecular weight is 233 g/mol. The Kier molecular flexibility index (Phi) is 3.54. The summed E-state index contributed by atoms with van der Waals surface area (Å²) in [6.45, 7) is 0. The van der Waals surface area contributed by atoms with Gasteiger partial charge in [0.05, 0.1) is 5.57 Å². The monoisotopic (exact) mass is 233 g/mol. The predicted octanol–water partition coefficient (Wildman–Crippen LogP) is 1.77. The van der Waals surface area contributed by atoms with E-state index in [0.29, 0.717) is 0 Å². The van der Waals surface area contributed by atoms with Gasteiger partial charge in [-0.25, -0.2) is 0 Å². The van der Waals surface area contributed by atoms with Crippen LogP contribution in [0.5, 0.6) is 0 Å². The molecule has 0 spiro atoms. The highest BCUT2D eigenvalue weighted by Gasteiger charge is 2.33. The molecular weight excluding hydrogens is 223 g/mol. The Bertz CT molecular complexity index is 380. The Hall–Kier alpha value is -1.56. The topological polar surface area (TPSA) is 63.3 Å². The molecule has 0 fully saturated rings. The number of carboxylic acids is 1. The van der Waals surface area contributed by atoms with Gasteiger partial charge in [0, 0.05) is 0 Å². The van der Waals surface area contributed by atoms with Crippen molar-refractivity contribution in [1.29, 1.82) is 0 Å². The van der Waals surface area contributed by atoms with E-state index in [9.17, 15) is 18.0 Å². The molecule has 0 aromatic carbocycles. The van der Waals surface area contributed by atoms with Gasteiger partial charge in [-0.05, 0) is 18.1 Å². The lowest BCUT2D eigenvalue weighted by atomic mass is 10.1. The lowest BCUT2D eigenvalue weighted by molar-refractivity contribution is -0.137. The Morgan fingerprint density at radius 2 is 2.12 bits per heavy atom. The lowest BCUT2D eigenvalue weighted by Crippen LogP contribution is -2.31. The van der Waals surface area contributed by atoms with Crippen molar-refractivity contribution in [3.8, 4) is 0 Å². The summed E-state index contributed by atoms with van der Waals surface area (Å²) in [7, 11) is 0. The van der Waals surface area contributed by atoms with Crippen LogP contribution < -0.4 is 5.73 Å². The largest absolute Gasteiger partial charge is 0.480 e. The molecule has 0 saturated carbocycles. The van der Waals surface area contributed by atoms with E-state index < -0.39 is 23.8 Å². The third kappa shape index (κ3) is 2.96. The summed E-state index contributed by atoms with van der Waals surface area (Å²) in [6.07, 6.45) is 0.0957. The van der Waals surface area contributed by atoms with Gasteiger partial charge in [-0.15, -0.1) is 0 Å². The minimum atomic E-state index is -4.49. The van der Waals surface area contributed by atoms with Gasteiger partial charge in [-0.2, -0.15) is 13.2 Å². The SMILES string of the molecule is NC(C(=O)O)C1=CC(C(F)(F)F)=CCC=C1. The van der Waals surface area contributed by atoms with Gasteiger partial charge in [0.1, 0.15) is 6.04 Å². The van der Waals surface area contributed by atoms with Crippen LogP contribution in [0.25, 0.3) is 0 Å². The smallest absolute Gasteiger partial charge is 0.416 e. The molecule has 3 nitrogen and oxygen atoms in total. The summed E-state index contributed by atoms with van der Waals surface area (Å²) < 4.78 is 37.3. The molecule has 0 radical (unpaired) electrons. The molecule has 0 aromatic rings. The number of alkyl halides is 3. The molecule has 88 valence electrons. The Morgan fingerprint density at radius 1 is 1.50 bits per heavy atom. The van der Waals surface area contributed by atoms with Crippen molar-refractivity contribution in [3.05, 3.63) is 35.5 Å². The molecule has 1 rings (SSSR count). The molecule has 1 atom stereocenters. The molecule has 0 bridgehead atoms. The summed E-state index contributed by atoms with van der Waals surface area (Å²) in [5, 5.41) is 8.61. The van der Waals surface area contributed by atoms with Crippen molar-refractivity contribution in [2.24, 2.45) is 5.73 Å². The highest BCUT2D eigenvalue weighted by Crippen LogP contribution is 2.29. The summed E-state index contributed by atoms with van der Waals surface area (Å²) in [6, 6.07) is -1.44. The van der Waals surface area contributed by atoms with E-state index in [2.05, 4.69) is 0 Å². The second-order valence-corrected chi connectivity index (χ2v) is 3.26. The molecule has 1 aliphatic rings. The van der Waals surface area contributed by atoms with Crippen molar-refractivity contribution in [3.63, 3.8) is 0 Å². The van der Waals surface area contributed by atoms with Crippen LogP contribution in [0.15, 0.2) is 35.5 Å². The van der Waals surface area contributed by atoms with E-state index in [1.165, 1.54) is 12.2 Å². The number of hydrogen-bond acceptors (Lipinski definition) is 2. The number of halogens is 3. The van der Waals surface area contributed by atoms with E-state index in [-0.39, 0.29) is 12.0 Å². The van der Waals surface area contributed by atoms with Crippen LogP contribution in [0.2, 0.25) is 0 Å². The second kappa shape index (κ2) is 4.52. The maximum atomic E-state index is 12.4. The van der Waals surface area contributed by atoms with E-state index >= 15 is 0 Å². The summed E-state index contributed by atoms with van der Waals surface area (Å²) >= 11 is 0. The van der Waals surface area contributed by atoms with E-state index in [0.717, 1.165) is 12.2 Å². The van der Waals surface area contributed by atoms with Crippen LogP contribution in [-0.4, -0.2) is 23.3 Å². The van der Waals surface area contributed by atoms with Crippen molar-refractivity contribution in [2.75, 3.05) is 0 Å². The number of rotatable bonds is 2. The summed E-state index contributed by atoms with van der Waals surface area (Å²) in [5.74, 6) is -1.36. The maximum absolute atomic E-state index is 12.4. The number of nitrogens with two attached hydrogens (primary N) is 1.